The van der Waals surface area contributed by atoms with E-state index in [1.165, 1.54) is 23.1 Å². The van der Waals surface area contributed by atoms with Crippen LogP contribution in [-0.4, -0.2) is 15.8 Å². The summed E-state index contributed by atoms with van der Waals surface area (Å²) in [4.78, 5) is 17.9. The Balaban J connectivity index is 1.72. The highest BCUT2D eigenvalue weighted by Crippen LogP contribution is 2.42. The van der Waals surface area contributed by atoms with Gasteiger partial charge in [0.05, 0.1) is 9.95 Å². The van der Waals surface area contributed by atoms with E-state index in [0.29, 0.717) is 15.0 Å². The number of nitrogens with zero attached hydrogens (tertiary/aromatic N) is 1. The van der Waals surface area contributed by atoms with E-state index in [-0.39, 0.29) is 5.78 Å². The number of thiazole rings is 1. The molecule has 1 saturated heterocycles. The molecule has 0 amide bonds. The molecule has 0 aliphatic carbocycles. The van der Waals surface area contributed by atoms with Crippen molar-refractivity contribution in [3.05, 3.63) is 81.7 Å². The first kappa shape index (κ1) is 16.4. The SMILES string of the molecule is N=C1S/C(=C\c2c3ccccc3cc3ccccc23)C(=O)[C@@H]1c1nccs1. The van der Waals surface area contributed by atoms with Gasteiger partial charge in [-0.3, -0.25) is 10.2 Å². The van der Waals surface area contributed by atoms with Crippen molar-refractivity contribution >= 4 is 61.5 Å². The van der Waals surface area contributed by atoms with Crippen molar-refractivity contribution in [1.29, 1.82) is 5.41 Å². The standard InChI is InChI=1S/C22H14N2OS2/c23-21-19(22-24-9-10-26-22)20(25)18(27-21)12-17-15-7-3-1-5-13(15)11-14-6-2-4-8-16(14)17/h1-12,19,23H/b18-12-,23-21?/t19-/m0/s1. The van der Waals surface area contributed by atoms with Crippen LogP contribution in [0.4, 0.5) is 0 Å². The molecule has 2 heterocycles. The Labute approximate surface area is 164 Å². The molecule has 1 aromatic heterocycles. The average molecular weight is 387 g/mol. The summed E-state index contributed by atoms with van der Waals surface area (Å²) in [5.74, 6) is -0.584. The molecule has 0 unspecified atom stereocenters. The third kappa shape index (κ3) is 2.71. The molecule has 0 radical (unpaired) electrons. The molecule has 1 aliphatic heterocycles. The van der Waals surface area contributed by atoms with Gasteiger partial charge in [-0.15, -0.1) is 11.3 Å². The monoisotopic (exact) mass is 386 g/mol. The largest absolute Gasteiger partial charge is 0.297 e. The topological polar surface area (TPSA) is 53.8 Å². The minimum Gasteiger partial charge on any atom is -0.297 e. The number of ketones is 1. The maximum Gasteiger partial charge on any atom is 0.186 e. The van der Waals surface area contributed by atoms with Crippen LogP contribution in [0.15, 0.2) is 71.1 Å². The molecular weight excluding hydrogens is 372 g/mol. The normalized spacial score (nSPS) is 18.8. The van der Waals surface area contributed by atoms with Crippen LogP contribution in [0.1, 0.15) is 16.5 Å². The minimum atomic E-state index is -0.553. The van der Waals surface area contributed by atoms with Crippen LogP contribution >= 0.6 is 23.1 Å². The fourth-order valence-electron chi connectivity index (χ4n) is 3.53. The predicted octanol–water partition coefficient (Wildman–Crippen LogP) is 5.87. The van der Waals surface area contributed by atoms with Crippen LogP contribution in [0, 0.1) is 5.41 Å². The van der Waals surface area contributed by atoms with Gasteiger partial charge in [-0.2, -0.15) is 0 Å². The number of hydrogen-bond acceptors (Lipinski definition) is 5. The Morgan fingerprint density at radius 1 is 1.00 bits per heavy atom. The summed E-state index contributed by atoms with van der Waals surface area (Å²) in [6, 6.07) is 18.6. The molecule has 1 fully saturated rings. The van der Waals surface area contributed by atoms with Crippen molar-refractivity contribution in [2.45, 2.75) is 5.92 Å². The molecule has 5 heteroatoms. The molecule has 0 bridgehead atoms. The van der Waals surface area contributed by atoms with Crippen molar-refractivity contribution in [2.75, 3.05) is 0 Å². The van der Waals surface area contributed by atoms with Crippen molar-refractivity contribution in [3.8, 4) is 0 Å². The van der Waals surface area contributed by atoms with Gasteiger partial charge in [-0.1, -0.05) is 60.3 Å². The summed E-state index contributed by atoms with van der Waals surface area (Å²) in [5, 5.41) is 15.7. The highest BCUT2D eigenvalue weighted by atomic mass is 32.2. The second-order valence-electron chi connectivity index (χ2n) is 6.38. The molecule has 27 heavy (non-hydrogen) atoms. The van der Waals surface area contributed by atoms with E-state index in [9.17, 15) is 4.79 Å². The third-order valence-electron chi connectivity index (χ3n) is 4.77. The molecule has 0 saturated carbocycles. The number of allylic oxidation sites excluding steroid dienone is 1. The zero-order valence-electron chi connectivity index (χ0n) is 14.2. The number of aromatic nitrogens is 1. The smallest absolute Gasteiger partial charge is 0.186 e. The van der Waals surface area contributed by atoms with Crippen LogP contribution in [0.2, 0.25) is 0 Å². The summed E-state index contributed by atoms with van der Waals surface area (Å²) in [7, 11) is 0. The second kappa shape index (κ2) is 6.44. The van der Waals surface area contributed by atoms with Crippen molar-refractivity contribution in [3.63, 3.8) is 0 Å². The molecular formula is C22H14N2OS2. The maximum atomic E-state index is 13.0. The molecule has 130 valence electrons. The Kier molecular flexibility index (Phi) is 3.92. The van der Waals surface area contributed by atoms with Gasteiger partial charge < -0.3 is 0 Å². The number of fused-ring (bicyclic) bond motifs is 2. The van der Waals surface area contributed by atoms with E-state index in [2.05, 4.69) is 35.3 Å². The number of Topliss-reactive ketones (excluding diaryl/α,β-unsaturated/α-hetero) is 1. The lowest BCUT2D eigenvalue weighted by molar-refractivity contribution is -0.114. The van der Waals surface area contributed by atoms with E-state index in [0.717, 1.165) is 27.1 Å². The van der Waals surface area contributed by atoms with E-state index < -0.39 is 5.92 Å². The Bertz CT molecular complexity index is 1190. The minimum absolute atomic E-state index is 0.0306. The fourth-order valence-corrected chi connectivity index (χ4v) is 5.31. The maximum absolute atomic E-state index is 13.0. The van der Waals surface area contributed by atoms with Gasteiger partial charge in [0.15, 0.2) is 5.78 Å². The first-order valence-electron chi connectivity index (χ1n) is 8.54. The van der Waals surface area contributed by atoms with Crippen LogP contribution in [0.3, 0.4) is 0 Å². The Morgan fingerprint density at radius 3 is 2.30 bits per heavy atom. The van der Waals surface area contributed by atoms with Crippen molar-refractivity contribution in [2.24, 2.45) is 0 Å². The van der Waals surface area contributed by atoms with Gasteiger partial charge in [0.1, 0.15) is 10.9 Å². The summed E-state index contributed by atoms with van der Waals surface area (Å²) in [5.41, 5.74) is 1.03. The molecule has 5 rings (SSSR count). The number of carbonyl (C=O) groups excluding carboxylic acids is 1. The van der Waals surface area contributed by atoms with E-state index in [4.69, 9.17) is 5.41 Å². The van der Waals surface area contributed by atoms with Gasteiger partial charge in [-0.25, -0.2) is 4.98 Å². The van der Waals surface area contributed by atoms with Gasteiger partial charge in [-0.05, 0) is 39.3 Å². The molecule has 1 aliphatic rings. The van der Waals surface area contributed by atoms with E-state index in [1.54, 1.807) is 6.20 Å². The molecule has 1 N–H and O–H groups in total. The van der Waals surface area contributed by atoms with Gasteiger partial charge in [0.2, 0.25) is 0 Å². The molecule has 1 atom stereocenters. The van der Waals surface area contributed by atoms with Gasteiger partial charge in [0, 0.05) is 11.6 Å². The van der Waals surface area contributed by atoms with Gasteiger partial charge >= 0.3 is 0 Å². The van der Waals surface area contributed by atoms with E-state index in [1.807, 2.05) is 35.7 Å². The number of nitrogens with one attached hydrogen (secondary N) is 1. The van der Waals surface area contributed by atoms with Crippen LogP contribution in [0.5, 0.6) is 0 Å². The zero-order valence-corrected chi connectivity index (χ0v) is 15.8. The number of hydrogen-bond donors (Lipinski definition) is 1. The lowest BCUT2D eigenvalue weighted by Gasteiger charge is -2.09. The first-order chi connectivity index (χ1) is 13.2. The highest BCUT2D eigenvalue weighted by Gasteiger charge is 2.38. The number of carbonyl (C=O) groups is 1. The fraction of sp³-hybridized carbons (Fsp3) is 0.0455. The molecule has 3 aromatic carbocycles. The van der Waals surface area contributed by atoms with Crippen LogP contribution in [-0.2, 0) is 4.79 Å². The summed E-state index contributed by atoms with van der Waals surface area (Å²) in [6.45, 7) is 0. The third-order valence-corrected chi connectivity index (χ3v) is 6.61. The summed E-state index contributed by atoms with van der Waals surface area (Å²) >= 11 is 2.68. The lowest BCUT2D eigenvalue weighted by Crippen LogP contribution is -2.11. The number of thioether (sulfide) groups is 1. The highest BCUT2D eigenvalue weighted by molar-refractivity contribution is 8.19. The lowest BCUT2D eigenvalue weighted by atomic mass is 9.95. The van der Waals surface area contributed by atoms with E-state index >= 15 is 0 Å². The quantitative estimate of drug-likeness (QED) is 0.346. The summed E-state index contributed by atoms with van der Waals surface area (Å²) < 4.78 is 0. The van der Waals surface area contributed by atoms with Crippen LogP contribution in [0.25, 0.3) is 27.6 Å². The molecule has 0 spiro atoms. The van der Waals surface area contributed by atoms with Gasteiger partial charge in [0.25, 0.3) is 0 Å². The van der Waals surface area contributed by atoms with Crippen LogP contribution < -0.4 is 0 Å². The predicted molar refractivity (Wildman–Crippen MR) is 115 cm³/mol. The number of rotatable bonds is 2. The molecule has 3 nitrogen and oxygen atoms in total. The first-order valence-corrected chi connectivity index (χ1v) is 10.2. The average Bonchev–Trinajstić information content (AvgIpc) is 3.29. The Morgan fingerprint density at radius 2 is 1.67 bits per heavy atom. The zero-order chi connectivity index (χ0) is 18.4. The molecule has 4 aromatic rings. The van der Waals surface area contributed by atoms with Crippen molar-refractivity contribution < 1.29 is 4.79 Å². The number of benzene rings is 3. The second-order valence-corrected chi connectivity index (χ2v) is 8.38. The van der Waals surface area contributed by atoms with Crippen molar-refractivity contribution in [1.82, 2.24) is 4.98 Å². The Hall–Kier alpha value is -2.76. The summed E-state index contributed by atoms with van der Waals surface area (Å²) in [6.07, 6.45) is 3.64.